The van der Waals surface area contributed by atoms with Crippen LogP contribution in [0.15, 0.2) is 30.5 Å². The van der Waals surface area contributed by atoms with Gasteiger partial charge in [0.15, 0.2) is 0 Å². The molecule has 2 aliphatic rings. The van der Waals surface area contributed by atoms with Crippen LogP contribution in [0.4, 0.5) is 11.4 Å². The third-order valence-electron chi connectivity index (χ3n) is 5.47. The van der Waals surface area contributed by atoms with E-state index in [4.69, 9.17) is 4.74 Å². The fraction of sp³-hybridized carbons (Fsp3) is 0.450. The number of likely N-dealkylation sites (N-methyl/N-ethyl adjacent to an activating group) is 1. The van der Waals surface area contributed by atoms with Gasteiger partial charge in [-0.05, 0) is 30.2 Å². The fourth-order valence-corrected chi connectivity index (χ4v) is 3.71. The lowest BCUT2D eigenvalue weighted by Crippen LogP contribution is -2.43. The summed E-state index contributed by atoms with van der Waals surface area (Å²) in [7, 11) is 3.55. The lowest BCUT2D eigenvalue weighted by Gasteiger charge is -2.28. The number of nitrogens with zero attached hydrogens (tertiary/aromatic N) is 5. The maximum atomic E-state index is 12.9. The monoisotopic (exact) mass is 383 g/mol. The number of aryl methyl sites for hydroxylation is 1. The Morgan fingerprint density at radius 3 is 2.68 bits per heavy atom. The summed E-state index contributed by atoms with van der Waals surface area (Å²) < 4.78 is 6.93. The van der Waals surface area contributed by atoms with E-state index >= 15 is 0 Å². The van der Waals surface area contributed by atoms with Crippen LogP contribution in [-0.2, 0) is 23.0 Å². The minimum Gasteiger partial charge on any atom is -0.379 e. The summed E-state index contributed by atoms with van der Waals surface area (Å²) in [6, 6.07) is 7.63. The molecule has 1 aromatic carbocycles. The summed E-state index contributed by atoms with van der Waals surface area (Å²) in [5, 5.41) is 4.09. The van der Waals surface area contributed by atoms with Gasteiger partial charge in [0.05, 0.1) is 19.8 Å². The minimum absolute atomic E-state index is 0.0318. The number of fused-ring (bicyclic) bond motifs is 1. The van der Waals surface area contributed by atoms with Crippen molar-refractivity contribution in [1.29, 1.82) is 0 Å². The average molecular weight is 383 g/mol. The molecule has 0 radical (unpaired) electrons. The second-order valence-corrected chi connectivity index (χ2v) is 7.20. The van der Waals surface area contributed by atoms with Crippen molar-refractivity contribution in [2.24, 2.45) is 7.05 Å². The molecule has 0 saturated carbocycles. The number of ether oxygens (including phenoxy) is 1. The zero-order chi connectivity index (χ0) is 19.7. The van der Waals surface area contributed by atoms with Crippen LogP contribution >= 0.6 is 0 Å². The van der Waals surface area contributed by atoms with Crippen molar-refractivity contribution in [1.82, 2.24) is 14.7 Å². The van der Waals surface area contributed by atoms with Crippen LogP contribution in [-0.4, -0.2) is 72.9 Å². The summed E-state index contributed by atoms with van der Waals surface area (Å²) in [5.41, 5.74) is 3.33. The molecule has 0 spiro atoms. The van der Waals surface area contributed by atoms with E-state index in [0.29, 0.717) is 32.0 Å². The molecule has 0 unspecified atom stereocenters. The van der Waals surface area contributed by atoms with E-state index < -0.39 is 0 Å². The second kappa shape index (κ2) is 7.73. The summed E-state index contributed by atoms with van der Waals surface area (Å²) in [4.78, 5) is 31.2. The van der Waals surface area contributed by atoms with Gasteiger partial charge in [0, 0.05) is 51.3 Å². The van der Waals surface area contributed by atoms with Crippen LogP contribution in [0.2, 0.25) is 0 Å². The Kier molecular flexibility index (Phi) is 5.15. The Bertz CT molecular complexity index is 888. The molecule has 28 heavy (non-hydrogen) atoms. The molecule has 0 aliphatic carbocycles. The van der Waals surface area contributed by atoms with Gasteiger partial charge in [-0.2, -0.15) is 5.10 Å². The minimum atomic E-state index is -0.0711. The van der Waals surface area contributed by atoms with Gasteiger partial charge in [-0.15, -0.1) is 0 Å². The standard InChI is InChI=1S/C20H25N5O3/c1-22(19(26)14-24-9-11-28-12-10-24)16-4-3-15-6-8-25(18(15)13-16)20(27)17-5-7-21-23(17)2/h3-5,7,13H,6,8-12,14H2,1-2H3. The van der Waals surface area contributed by atoms with Crippen LogP contribution < -0.4 is 9.80 Å². The van der Waals surface area contributed by atoms with Gasteiger partial charge in [0.2, 0.25) is 5.91 Å². The van der Waals surface area contributed by atoms with Gasteiger partial charge >= 0.3 is 0 Å². The molecule has 2 aromatic rings. The molecule has 1 fully saturated rings. The topological polar surface area (TPSA) is 70.9 Å². The van der Waals surface area contributed by atoms with Gasteiger partial charge in [0.1, 0.15) is 5.69 Å². The summed E-state index contributed by atoms with van der Waals surface area (Å²) in [5.74, 6) is -0.0393. The van der Waals surface area contributed by atoms with Crippen molar-refractivity contribution in [3.05, 3.63) is 41.7 Å². The molecule has 3 heterocycles. The van der Waals surface area contributed by atoms with Gasteiger partial charge < -0.3 is 14.5 Å². The molecule has 2 aliphatic heterocycles. The first kappa shape index (κ1) is 18.6. The molecule has 4 rings (SSSR count). The number of amides is 2. The van der Waals surface area contributed by atoms with E-state index in [-0.39, 0.29) is 11.8 Å². The maximum absolute atomic E-state index is 12.9. The third-order valence-corrected chi connectivity index (χ3v) is 5.47. The Morgan fingerprint density at radius 2 is 1.96 bits per heavy atom. The van der Waals surface area contributed by atoms with Crippen molar-refractivity contribution in [2.75, 3.05) is 56.2 Å². The van der Waals surface area contributed by atoms with E-state index in [1.165, 1.54) is 0 Å². The smallest absolute Gasteiger partial charge is 0.276 e. The highest BCUT2D eigenvalue weighted by Gasteiger charge is 2.28. The van der Waals surface area contributed by atoms with Crippen LogP contribution in [0.5, 0.6) is 0 Å². The summed E-state index contributed by atoms with van der Waals surface area (Å²) in [6.45, 7) is 3.89. The van der Waals surface area contributed by atoms with Crippen molar-refractivity contribution in [2.45, 2.75) is 6.42 Å². The van der Waals surface area contributed by atoms with Crippen LogP contribution in [0, 0.1) is 0 Å². The van der Waals surface area contributed by atoms with Gasteiger partial charge in [0.25, 0.3) is 5.91 Å². The van der Waals surface area contributed by atoms with E-state index in [2.05, 4.69) is 10.00 Å². The molecule has 0 N–H and O–H groups in total. The zero-order valence-corrected chi connectivity index (χ0v) is 16.3. The van der Waals surface area contributed by atoms with Gasteiger partial charge in [-0.25, -0.2) is 0 Å². The van der Waals surface area contributed by atoms with Crippen molar-refractivity contribution in [3.63, 3.8) is 0 Å². The molecule has 8 heteroatoms. The van der Waals surface area contributed by atoms with Crippen molar-refractivity contribution >= 4 is 23.2 Å². The lowest BCUT2D eigenvalue weighted by molar-refractivity contribution is -0.120. The number of carbonyl (C=O) groups excluding carboxylic acids is 2. The number of anilines is 2. The Morgan fingerprint density at radius 1 is 1.18 bits per heavy atom. The number of benzene rings is 1. The van der Waals surface area contributed by atoms with Crippen LogP contribution in [0.1, 0.15) is 16.1 Å². The molecular formula is C20H25N5O3. The quantitative estimate of drug-likeness (QED) is 0.785. The highest BCUT2D eigenvalue weighted by Crippen LogP contribution is 2.33. The van der Waals surface area contributed by atoms with Crippen LogP contribution in [0.25, 0.3) is 0 Å². The summed E-state index contributed by atoms with van der Waals surface area (Å²) >= 11 is 0. The first-order valence-corrected chi connectivity index (χ1v) is 9.54. The molecule has 8 nitrogen and oxygen atoms in total. The van der Waals surface area contributed by atoms with E-state index in [1.54, 1.807) is 40.8 Å². The maximum Gasteiger partial charge on any atom is 0.276 e. The number of hydrogen-bond acceptors (Lipinski definition) is 5. The zero-order valence-electron chi connectivity index (χ0n) is 16.3. The first-order chi connectivity index (χ1) is 13.5. The summed E-state index contributed by atoms with van der Waals surface area (Å²) in [6.07, 6.45) is 2.43. The molecule has 148 valence electrons. The number of rotatable bonds is 4. The largest absolute Gasteiger partial charge is 0.379 e. The first-order valence-electron chi connectivity index (χ1n) is 9.54. The molecule has 1 aromatic heterocycles. The highest BCUT2D eigenvalue weighted by atomic mass is 16.5. The molecule has 2 amide bonds. The molecule has 0 atom stereocenters. The second-order valence-electron chi connectivity index (χ2n) is 7.20. The van der Waals surface area contributed by atoms with E-state index in [1.807, 2.05) is 18.2 Å². The number of carbonyl (C=O) groups is 2. The van der Waals surface area contributed by atoms with Crippen LogP contribution in [0.3, 0.4) is 0 Å². The predicted octanol–water partition coefficient (Wildman–Crippen LogP) is 0.918. The van der Waals surface area contributed by atoms with Gasteiger partial charge in [-0.3, -0.25) is 19.2 Å². The fourth-order valence-electron chi connectivity index (χ4n) is 3.71. The molecular weight excluding hydrogens is 358 g/mol. The predicted molar refractivity (Wildman–Crippen MR) is 106 cm³/mol. The van der Waals surface area contributed by atoms with Gasteiger partial charge in [-0.1, -0.05) is 6.07 Å². The third kappa shape index (κ3) is 3.53. The SMILES string of the molecule is CN(C(=O)CN1CCOCC1)c1ccc2c(c1)N(C(=O)c1ccnn1C)CC2. The highest BCUT2D eigenvalue weighted by molar-refractivity contribution is 6.07. The Labute approximate surface area is 164 Å². The molecule has 1 saturated heterocycles. The van der Waals surface area contributed by atoms with Crippen molar-refractivity contribution < 1.29 is 14.3 Å². The number of aromatic nitrogens is 2. The normalized spacial score (nSPS) is 16.9. The Balaban J connectivity index is 1.52. The number of hydrogen-bond donors (Lipinski definition) is 0. The lowest BCUT2D eigenvalue weighted by atomic mass is 10.1. The molecule has 0 bridgehead atoms. The average Bonchev–Trinajstić information content (AvgIpc) is 3.33. The Hall–Kier alpha value is -2.71. The van der Waals surface area contributed by atoms with Crippen molar-refractivity contribution in [3.8, 4) is 0 Å². The van der Waals surface area contributed by atoms with E-state index in [0.717, 1.165) is 36.4 Å². The number of morpholine rings is 1. The van der Waals surface area contributed by atoms with E-state index in [9.17, 15) is 9.59 Å².